The van der Waals surface area contributed by atoms with Crippen LogP contribution in [0.15, 0.2) is 42.5 Å². The molecule has 0 bridgehead atoms. The number of hydrogen-bond acceptors (Lipinski definition) is 3. The maximum absolute atomic E-state index is 11.7. The van der Waals surface area contributed by atoms with E-state index in [-0.39, 0.29) is 11.8 Å². The maximum atomic E-state index is 11.7. The van der Waals surface area contributed by atoms with Crippen LogP contribution in [0.1, 0.15) is 30.9 Å². The molecule has 2 N–H and O–H groups in total. The predicted molar refractivity (Wildman–Crippen MR) is 83.5 cm³/mol. The van der Waals surface area contributed by atoms with E-state index >= 15 is 0 Å². The molecule has 0 aliphatic heterocycles. The number of rotatable bonds is 6. The Morgan fingerprint density at radius 3 is 2.62 bits per heavy atom. The van der Waals surface area contributed by atoms with Crippen molar-refractivity contribution in [3.63, 3.8) is 0 Å². The average molecular weight is 305 g/mol. The normalized spacial score (nSPS) is 17.0. The highest BCUT2D eigenvalue weighted by Gasteiger charge is 2.35. The molecule has 3 rings (SSSR count). The Morgan fingerprint density at radius 2 is 1.86 bits per heavy atom. The number of aliphatic hydroxyl groups is 1. The Kier molecular flexibility index (Phi) is 3.97. The maximum Gasteiger partial charge on any atom is 0.214 e. The monoisotopic (exact) mass is 305 g/mol. The summed E-state index contributed by atoms with van der Waals surface area (Å²) in [5.74, 6) is 0. The molecule has 5 heteroatoms. The number of sulfonamides is 1. The van der Waals surface area contributed by atoms with E-state index in [1.165, 1.54) is 0 Å². The summed E-state index contributed by atoms with van der Waals surface area (Å²) in [5.41, 5.74) is 0.846. The number of nitrogens with one attached hydrogen (secondary N) is 1. The van der Waals surface area contributed by atoms with Gasteiger partial charge < -0.3 is 5.11 Å². The third-order valence-corrected chi connectivity index (χ3v) is 5.82. The fraction of sp³-hybridized carbons (Fsp3) is 0.375. The van der Waals surface area contributed by atoms with Crippen molar-refractivity contribution in [3.05, 3.63) is 48.0 Å². The molecule has 1 unspecified atom stereocenters. The van der Waals surface area contributed by atoms with Gasteiger partial charge in [0.25, 0.3) is 0 Å². The Morgan fingerprint density at radius 1 is 1.14 bits per heavy atom. The highest BCUT2D eigenvalue weighted by molar-refractivity contribution is 7.90. The van der Waals surface area contributed by atoms with Crippen molar-refractivity contribution in [3.8, 4) is 0 Å². The lowest BCUT2D eigenvalue weighted by atomic mass is 9.99. The first kappa shape index (κ1) is 14.5. The van der Waals surface area contributed by atoms with Crippen LogP contribution in [0.4, 0.5) is 0 Å². The molecule has 0 aromatic heterocycles. The molecule has 0 amide bonds. The Hall–Kier alpha value is -1.43. The van der Waals surface area contributed by atoms with Crippen LogP contribution in [0.2, 0.25) is 0 Å². The van der Waals surface area contributed by atoms with Crippen molar-refractivity contribution in [1.82, 2.24) is 4.72 Å². The Balaban J connectivity index is 1.68. The first-order valence-electron chi connectivity index (χ1n) is 7.22. The second-order valence-electron chi connectivity index (χ2n) is 5.51. The Labute approximate surface area is 124 Å². The number of fused-ring (bicyclic) bond motifs is 1. The predicted octanol–water partition coefficient (Wildman–Crippen LogP) is 2.35. The third-order valence-electron chi connectivity index (χ3n) is 3.87. The molecule has 0 radical (unpaired) electrons. The lowest BCUT2D eigenvalue weighted by Gasteiger charge is -2.14. The fourth-order valence-electron chi connectivity index (χ4n) is 2.53. The highest BCUT2D eigenvalue weighted by atomic mass is 32.2. The van der Waals surface area contributed by atoms with Gasteiger partial charge in [-0.2, -0.15) is 0 Å². The minimum Gasteiger partial charge on any atom is -0.388 e. The molecule has 2 aromatic carbocycles. The molecule has 21 heavy (non-hydrogen) atoms. The van der Waals surface area contributed by atoms with Crippen LogP contribution in [-0.2, 0) is 10.0 Å². The fourth-order valence-corrected chi connectivity index (χ4v) is 3.93. The van der Waals surface area contributed by atoms with Gasteiger partial charge in [-0.25, -0.2) is 13.1 Å². The van der Waals surface area contributed by atoms with Crippen molar-refractivity contribution in [1.29, 1.82) is 0 Å². The zero-order valence-corrected chi connectivity index (χ0v) is 12.5. The summed E-state index contributed by atoms with van der Waals surface area (Å²) >= 11 is 0. The van der Waals surface area contributed by atoms with Gasteiger partial charge in [-0.05, 0) is 35.6 Å². The van der Waals surface area contributed by atoms with E-state index in [0.29, 0.717) is 6.42 Å². The average Bonchev–Trinajstić information content (AvgIpc) is 3.31. The van der Waals surface area contributed by atoms with E-state index in [4.69, 9.17) is 0 Å². The summed E-state index contributed by atoms with van der Waals surface area (Å²) in [5, 5.41) is 12.2. The van der Waals surface area contributed by atoms with Gasteiger partial charge in [-0.3, -0.25) is 0 Å². The van der Waals surface area contributed by atoms with Gasteiger partial charge in [0.05, 0.1) is 11.4 Å². The molecule has 0 heterocycles. The molecule has 1 saturated carbocycles. The number of hydrogen-bond donors (Lipinski definition) is 2. The standard InChI is InChI=1S/C16H19NO3S/c18-16(10-11-17-21(19,20)13-8-9-13)15-7-3-5-12-4-1-2-6-14(12)15/h1-7,13,16-18H,8-11H2. The van der Waals surface area contributed by atoms with Gasteiger partial charge in [0.2, 0.25) is 10.0 Å². The molecular formula is C16H19NO3S. The second-order valence-corrected chi connectivity index (χ2v) is 7.56. The zero-order valence-electron chi connectivity index (χ0n) is 11.7. The van der Waals surface area contributed by atoms with E-state index in [9.17, 15) is 13.5 Å². The summed E-state index contributed by atoms with van der Waals surface area (Å²) in [7, 11) is -3.17. The molecule has 1 aliphatic rings. The van der Waals surface area contributed by atoms with Gasteiger partial charge in [0, 0.05) is 6.54 Å². The minimum absolute atomic E-state index is 0.216. The summed E-state index contributed by atoms with van der Waals surface area (Å²) in [6, 6.07) is 13.7. The van der Waals surface area contributed by atoms with E-state index < -0.39 is 16.1 Å². The summed E-state index contributed by atoms with van der Waals surface area (Å²) in [6.45, 7) is 0.267. The SMILES string of the molecule is O=S(=O)(NCCC(O)c1cccc2ccccc12)C1CC1. The van der Waals surface area contributed by atoms with Gasteiger partial charge in [-0.1, -0.05) is 42.5 Å². The second kappa shape index (κ2) is 5.75. The van der Waals surface area contributed by atoms with Crippen molar-refractivity contribution < 1.29 is 13.5 Å². The lowest BCUT2D eigenvalue weighted by molar-refractivity contribution is 0.170. The van der Waals surface area contributed by atoms with Crippen LogP contribution in [0.5, 0.6) is 0 Å². The highest BCUT2D eigenvalue weighted by Crippen LogP contribution is 2.28. The van der Waals surface area contributed by atoms with Crippen LogP contribution in [0.25, 0.3) is 10.8 Å². The smallest absolute Gasteiger partial charge is 0.214 e. The molecule has 4 nitrogen and oxygen atoms in total. The first-order chi connectivity index (χ1) is 10.1. The third kappa shape index (κ3) is 3.26. The largest absolute Gasteiger partial charge is 0.388 e. The van der Waals surface area contributed by atoms with E-state index in [0.717, 1.165) is 29.2 Å². The molecule has 1 atom stereocenters. The van der Waals surface area contributed by atoms with Crippen molar-refractivity contribution in [2.24, 2.45) is 0 Å². The quantitative estimate of drug-likeness (QED) is 0.861. The van der Waals surface area contributed by atoms with Gasteiger partial charge in [0.1, 0.15) is 0 Å². The minimum atomic E-state index is -3.17. The number of aliphatic hydroxyl groups excluding tert-OH is 1. The van der Waals surface area contributed by atoms with Gasteiger partial charge in [-0.15, -0.1) is 0 Å². The van der Waals surface area contributed by atoms with E-state index in [1.54, 1.807) is 0 Å². The van der Waals surface area contributed by atoms with Crippen LogP contribution in [0.3, 0.4) is 0 Å². The van der Waals surface area contributed by atoms with Crippen LogP contribution in [0, 0.1) is 0 Å². The van der Waals surface area contributed by atoms with Crippen molar-refractivity contribution in [2.75, 3.05) is 6.54 Å². The summed E-state index contributed by atoms with van der Waals surface area (Å²) in [4.78, 5) is 0. The number of benzene rings is 2. The van der Waals surface area contributed by atoms with Crippen molar-refractivity contribution >= 4 is 20.8 Å². The van der Waals surface area contributed by atoms with Crippen LogP contribution in [-0.4, -0.2) is 25.3 Å². The van der Waals surface area contributed by atoms with E-state index in [1.807, 2.05) is 42.5 Å². The molecule has 1 fully saturated rings. The van der Waals surface area contributed by atoms with E-state index in [2.05, 4.69) is 4.72 Å². The molecule has 0 saturated heterocycles. The summed E-state index contributed by atoms with van der Waals surface area (Å²) in [6.07, 6.45) is 1.21. The van der Waals surface area contributed by atoms with Crippen LogP contribution >= 0.6 is 0 Å². The zero-order chi connectivity index (χ0) is 14.9. The molecule has 0 spiro atoms. The lowest BCUT2D eigenvalue weighted by Crippen LogP contribution is -2.29. The van der Waals surface area contributed by atoms with Gasteiger partial charge in [0.15, 0.2) is 0 Å². The molecule has 2 aromatic rings. The van der Waals surface area contributed by atoms with Crippen LogP contribution < -0.4 is 4.72 Å². The molecule has 112 valence electrons. The van der Waals surface area contributed by atoms with Gasteiger partial charge >= 0.3 is 0 Å². The summed E-state index contributed by atoms with van der Waals surface area (Å²) < 4.78 is 26.0. The molecular weight excluding hydrogens is 286 g/mol. The topological polar surface area (TPSA) is 66.4 Å². The van der Waals surface area contributed by atoms with Crippen molar-refractivity contribution in [2.45, 2.75) is 30.6 Å². The molecule has 1 aliphatic carbocycles. The Bertz CT molecular complexity index is 733. The first-order valence-corrected chi connectivity index (χ1v) is 8.77.